The summed E-state index contributed by atoms with van der Waals surface area (Å²) in [4.78, 5) is 53.1. The van der Waals surface area contributed by atoms with Crippen LogP contribution in [0.1, 0.15) is 15.9 Å². The topological polar surface area (TPSA) is 111 Å². The number of anilines is 1. The van der Waals surface area contributed by atoms with E-state index in [1.165, 1.54) is 14.1 Å². The molecule has 10 heteroatoms. The molecule has 1 aliphatic rings. The number of ketones is 1. The van der Waals surface area contributed by atoms with Gasteiger partial charge in [0.05, 0.1) is 13.0 Å². The van der Waals surface area contributed by atoms with Crippen LogP contribution in [0, 0.1) is 0 Å². The molecule has 1 saturated heterocycles. The van der Waals surface area contributed by atoms with Gasteiger partial charge in [-0.25, -0.2) is 4.79 Å². The van der Waals surface area contributed by atoms with Crippen LogP contribution in [0.15, 0.2) is 33.9 Å². The highest BCUT2D eigenvalue weighted by Gasteiger charge is 2.26. The number of halogens is 1. The van der Waals surface area contributed by atoms with Crippen molar-refractivity contribution in [1.29, 1.82) is 0 Å². The first-order valence-electron chi connectivity index (χ1n) is 9.53. The third kappa shape index (κ3) is 4.31. The number of Topliss-reactive ketones (excluding diaryl/α,β-unsaturated/α-hetero) is 1. The second-order valence-electron chi connectivity index (χ2n) is 7.31. The number of aromatic nitrogens is 2. The zero-order valence-corrected chi connectivity index (χ0v) is 17.7. The van der Waals surface area contributed by atoms with Gasteiger partial charge in [-0.15, -0.1) is 0 Å². The Morgan fingerprint density at radius 3 is 2.30 bits per heavy atom. The Labute approximate surface area is 178 Å². The van der Waals surface area contributed by atoms with E-state index >= 15 is 0 Å². The predicted octanol–water partition coefficient (Wildman–Crippen LogP) is -0.111. The molecule has 0 saturated carbocycles. The molecule has 160 valence electrons. The van der Waals surface area contributed by atoms with Crippen molar-refractivity contribution in [3.63, 3.8) is 0 Å². The second kappa shape index (κ2) is 8.85. The van der Waals surface area contributed by atoms with Gasteiger partial charge in [-0.05, 0) is 11.6 Å². The first-order valence-corrected chi connectivity index (χ1v) is 9.90. The minimum Gasteiger partial charge on any atom is -0.384 e. The van der Waals surface area contributed by atoms with E-state index in [0.717, 1.165) is 14.7 Å². The highest BCUT2D eigenvalue weighted by Crippen LogP contribution is 2.17. The van der Waals surface area contributed by atoms with E-state index in [-0.39, 0.29) is 30.3 Å². The summed E-state index contributed by atoms with van der Waals surface area (Å²) >= 11 is 6.13. The van der Waals surface area contributed by atoms with Crippen molar-refractivity contribution in [2.75, 3.05) is 38.5 Å². The molecule has 0 radical (unpaired) electrons. The largest absolute Gasteiger partial charge is 0.384 e. The molecule has 0 spiro atoms. The number of nitrogens with two attached hydrogens (primary N) is 1. The molecule has 2 heterocycles. The Balaban J connectivity index is 1.62. The summed E-state index contributed by atoms with van der Waals surface area (Å²) in [5, 5.41) is 0.562. The smallest absolute Gasteiger partial charge is 0.332 e. The summed E-state index contributed by atoms with van der Waals surface area (Å²) in [5.74, 6) is -0.605. The standard InChI is InChI=1S/C20H24ClN5O4/c1-23-18(22)17(19(29)24(2)20(23)30)15(27)12-25-7-9-26(10-8-25)16(28)11-13-5-3-4-6-14(13)21/h3-6H,7-12,22H2,1-2H3. The lowest BCUT2D eigenvalue weighted by Gasteiger charge is -2.34. The quantitative estimate of drug-likeness (QED) is 0.659. The van der Waals surface area contributed by atoms with Crippen LogP contribution in [0.2, 0.25) is 5.02 Å². The summed E-state index contributed by atoms with van der Waals surface area (Å²) in [7, 11) is 2.72. The molecule has 1 aromatic carbocycles. The van der Waals surface area contributed by atoms with Gasteiger partial charge in [0.2, 0.25) is 5.91 Å². The molecule has 1 amide bonds. The number of nitrogens with zero attached hydrogens (tertiary/aromatic N) is 4. The van der Waals surface area contributed by atoms with E-state index in [2.05, 4.69) is 0 Å². The maximum atomic E-state index is 12.7. The Morgan fingerprint density at radius 1 is 1.03 bits per heavy atom. The van der Waals surface area contributed by atoms with Crippen LogP contribution in [-0.4, -0.2) is 63.3 Å². The summed E-state index contributed by atoms with van der Waals surface area (Å²) in [5.41, 5.74) is 5.17. The molecule has 2 N–H and O–H groups in total. The van der Waals surface area contributed by atoms with Crippen molar-refractivity contribution in [3.8, 4) is 0 Å². The SMILES string of the molecule is Cn1c(N)c(C(=O)CN2CCN(C(=O)Cc3ccccc3Cl)CC2)c(=O)n(C)c1=O. The molecule has 0 aliphatic carbocycles. The molecule has 9 nitrogen and oxygen atoms in total. The van der Waals surface area contributed by atoms with Crippen molar-refractivity contribution < 1.29 is 9.59 Å². The van der Waals surface area contributed by atoms with Gasteiger partial charge in [0, 0.05) is 45.3 Å². The number of nitrogen functional groups attached to an aromatic ring is 1. The Bertz CT molecular complexity index is 1100. The minimum atomic E-state index is -0.700. The van der Waals surface area contributed by atoms with Gasteiger partial charge in [-0.3, -0.25) is 28.4 Å². The molecule has 1 aromatic heterocycles. The van der Waals surface area contributed by atoms with Crippen LogP contribution in [0.4, 0.5) is 5.82 Å². The number of amides is 1. The maximum Gasteiger partial charge on any atom is 0.332 e. The highest BCUT2D eigenvalue weighted by atomic mass is 35.5. The van der Waals surface area contributed by atoms with Crippen LogP contribution >= 0.6 is 11.6 Å². The molecule has 1 fully saturated rings. The fraction of sp³-hybridized carbons (Fsp3) is 0.400. The van der Waals surface area contributed by atoms with Gasteiger partial charge in [-0.1, -0.05) is 29.8 Å². The van der Waals surface area contributed by atoms with Crippen molar-refractivity contribution in [2.24, 2.45) is 14.1 Å². The Morgan fingerprint density at radius 2 is 1.67 bits per heavy atom. The van der Waals surface area contributed by atoms with E-state index in [0.29, 0.717) is 31.2 Å². The number of carbonyl (C=O) groups excluding carboxylic acids is 2. The zero-order valence-electron chi connectivity index (χ0n) is 16.9. The van der Waals surface area contributed by atoms with Gasteiger partial charge in [0.15, 0.2) is 5.78 Å². The maximum absolute atomic E-state index is 12.7. The molecular formula is C20H24ClN5O4. The first kappa shape index (κ1) is 21.8. The number of hydrogen-bond donors (Lipinski definition) is 1. The molecule has 0 atom stereocenters. The number of piperazine rings is 1. The number of benzene rings is 1. The van der Waals surface area contributed by atoms with Gasteiger partial charge in [0.25, 0.3) is 5.56 Å². The van der Waals surface area contributed by atoms with Gasteiger partial charge >= 0.3 is 5.69 Å². The molecule has 30 heavy (non-hydrogen) atoms. The highest BCUT2D eigenvalue weighted by molar-refractivity contribution is 6.31. The van der Waals surface area contributed by atoms with Gasteiger partial charge < -0.3 is 10.6 Å². The lowest BCUT2D eigenvalue weighted by Crippen LogP contribution is -2.51. The van der Waals surface area contributed by atoms with Crippen LogP contribution in [0.25, 0.3) is 0 Å². The average molecular weight is 434 g/mol. The molecule has 2 aromatic rings. The van der Waals surface area contributed by atoms with E-state index < -0.39 is 17.0 Å². The van der Waals surface area contributed by atoms with Crippen molar-refractivity contribution in [2.45, 2.75) is 6.42 Å². The molecule has 3 rings (SSSR count). The van der Waals surface area contributed by atoms with Gasteiger partial charge in [0.1, 0.15) is 11.4 Å². The third-order valence-electron chi connectivity index (χ3n) is 5.38. The van der Waals surface area contributed by atoms with Gasteiger partial charge in [-0.2, -0.15) is 0 Å². The van der Waals surface area contributed by atoms with Crippen molar-refractivity contribution in [3.05, 3.63) is 61.3 Å². The summed E-state index contributed by atoms with van der Waals surface area (Å²) in [6.45, 7) is 1.91. The van der Waals surface area contributed by atoms with E-state index in [1.807, 2.05) is 23.1 Å². The Kier molecular flexibility index (Phi) is 6.42. The summed E-state index contributed by atoms with van der Waals surface area (Å²) < 4.78 is 1.95. The average Bonchev–Trinajstić information content (AvgIpc) is 2.73. The summed E-state index contributed by atoms with van der Waals surface area (Å²) in [6, 6.07) is 7.24. The normalized spacial score (nSPS) is 14.7. The van der Waals surface area contributed by atoms with Crippen LogP contribution in [0.3, 0.4) is 0 Å². The van der Waals surface area contributed by atoms with E-state index in [1.54, 1.807) is 11.0 Å². The Hall–Kier alpha value is -2.91. The van der Waals surface area contributed by atoms with Crippen LogP contribution < -0.4 is 17.0 Å². The zero-order chi connectivity index (χ0) is 22.0. The van der Waals surface area contributed by atoms with Crippen molar-refractivity contribution in [1.82, 2.24) is 18.9 Å². The molecule has 0 bridgehead atoms. The number of carbonyl (C=O) groups is 2. The lowest BCUT2D eigenvalue weighted by molar-refractivity contribution is -0.132. The number of hydrogen-bond acceptors (Lipinski definition) is 6. The molecule has 1 aliphatic heterocycles. The first-order chi connectivity index (χ1) is 14.2. The molecular weight excluding hydrogens is 410 g/mol. The fourth-order valence-electron chi connectivity index (χ4n) is 3.48. The lowest BCUT2D eigenvalue weighted by atomic mass is 10.1. The third-order valence-corrected chi connectivity index (χ3v) is 5.75. The van der Waals surface area contributed by atoms with Crippen LogP contribution in [0.5, 0.6) is 0 Å². The molecule has 0 unspecified atom stereocenters. The number of rotatable bonds is 5. The predicted molar refractivity (Wildman–Crippen MR) is 114 cm³/mol. The summed E-state index contributed by atoms with van der Waals surface area (Å²) in [6.07, 6.45) is 0.225. The minimum absolute atomic E-state index is 0.00973. The second-order valence-corrected chi connectivity index (χ2v) is 7.72. The van der Waals surface area contributed by atoms with E-state index in [9.17, 15) is 19.2 Å². The van der Waals surface area contributed by atoms with Crippen LogP contribution in [-0.2, 0) is 25.3 Å². The fourth-order valence-corrected chi connectivity index (χ4v) is 3.68. The monoisotopic (exact) mass is 433 g/mol. The van der Waals surface area contributed by atoms with Crippen molar-refractivity contribution >= 4 is 29.1 Å². The van der Waals surface area contributed by atoms with E-state index in [4.69, 9.17) is 17.3 Å².